The molecular formula is C16H12F2N4O7. The minimum absolute atomic E-state index is 0.0795. The summed E-state index contributed by atoms with van der Waals surface area (Å²) < 4.78 is 28.9. The Morgan fingerprint density at radius 1 is 1.24 bits per heavy atom. The molecule has 0 aliphatic heterocycles. The monoisotopic (exact) mass is 410 g/mol. The fourth-order valence-corrected chi connectivity index (χ4v) is 2.19. The van der Waals surface area contributed by atoms with Crippen LogP contribution < -0.4 is 21.3 Å². The number of carbonyl (C=O) groups excluding carboxylic acids is 3. The Morgan fingerprint density at radius 3 is 2.38 bits per heavy atom. The molecule has 1 heterocycles. The van der Waals surface area contributed by atoms with Crippen LogP contribution in [0, 0.1) is 10.1 Å². The minimum Gasteiger partial charge on any atom is -0.435 e. The minimum atomic E-state index is -3.05. The van der Waals surface area contributed by atoms with Gasteiger partial charge in [-0.2, -0.15) is 8.78 Å². The highest BCUT2D eigenvalue weighted by Crippen LogP contribution is 2.15. The Bertz CT molecular complexity index is 1030. The summed E-state index contributed by atoms with van der Waals surface area (Å²) in [5, 5.41) is 12.8. The molecule has 0 atom stereocenters. The number of benzene rings is 1. The number of rotatable bonds is 7. The van der Waals surface area contributed by atoms with Gasteiger partial charge >= 0.3 is 6.61 Å². The number of hydrogen-bond acceptors (Lipinski definition) is 7. The first-order valence-electron chi connectivity index (χ1n) is 7.66. The lowest BCUT2D eigenvalue weighted by Gasteiger charge is -2.08. The van der Waals surface area contributed by atoms with Crippen molar-refractivity contribution in [2.75, 3.05) is 0 Å². The Kier molecular flexibility index (Phi) is 6.33. The molecule has 1 aromatic heterocycles. The van der Waals surface area contributed by atoms with Crippen LogP contribution in [0.15, 0.2) is 41.3 Å². The first-order valence-corrected chi connectivity index (χ1v) is 7.66. The van der Waals surface area contributed by atoms with E-state index in [1.807, 2.05) is 5.32 Å². The van der Waals surface area contributed by atoms with Crippen LogP contribution in [0.2, 0.25) is 0 Å². The highest BCUT2D eigenvalue weighted by Gasteiger charge is 2.19. The molecule has 0 saturated carbocycles. The summed E-state index contributed by atoms with van der Waals surface area (Å²) in [6.07, 6.45) is 0.718. The zero-order chi connectivity index (χ0) is 21.7. The van der Waals surface area contributed by atoms with Crippen LogP contribution in [0.5, 0.6) is 5.75 Å². The molecule has 0 aliphatic carbocycles. The van der Waals surface area contributed by atoms with Crippen LogP contribution in [0.25, 0.3) is 0 Å². The predicted molar refractivity (Wildman–Crippen MR) is 91.4 cm³/mol. The number of imide groups is 1. The van der Waals surface area contributed by atoms with Crippen molar-refractivity contribution in [2.45, 2.75) is 13.2 Å². The van der Waals surface area contributed by atoms with Gasteiger partial charge in [-0.25, -0.2) is 0 Å². The zero-order valence-corrected chi connectivity index (χ0v) is 14.3. The Hall–Kier alpha value is -4.16. The predicted octanol–water partition coefficient (Wildman–Crippen LogP) is 0.413. The number of primary amides is 1. The molecule has 0 spiro atoms. The van der Waals surface area contributed by atoms with E-state index in [0.29, 0.717) is 10.6 Å². The molecule has 0 fully saturated rings. The molecule has 1 aromatic carbocycles. The van der Waals surface area contributed by atoms with E-state index in [9.17, 15) is 38.1 Å². The van der Waals surface area contributed by atoms with Gasteiger partial charge in [0.25, 0.3) is 23.1 Å². The maximum atomic E-state index is 12.1. The van der Waals surface area contributed by atoms with Gasteiger partial charge in [0.15, 0.2) is 0 Å². The fourth-order valence-electron chi connectivity index (χ4n) is 2.19. The molecule has 13 heteroatoms. The second-order valence-corrected chi connectivity index (χ2v) is 5.45. The molecule has 0 unspecified atom stereocenters. The van der Waals surface area contributed by atoms with Crippen molar-refractivity contribution in [3.8, 4) is 5.75 Å². The number of pyridine rings is 1. The Morgan fingerprint density at radius 2 is 1.86 bits per heavy atom. The van der Waals surface area contributed by atoms with Crippen LogP contribution in [0.3, 0.4) is 0 Å². The van der Waals surface area contributed by atoms with Crippen LogP contribution >= 0.6 is 0 Å². The second-order valence-electron chi connectivity index (χ2n) is 5.45. The van der Waals surface area contributed by atoms with Gasteiger partial charge in [-0.1, -0.05) is 0 Å². The van der Waals surface area contributed by atoms with Gasteiger partial charge in [0.2, 0.25) is 5.91 Å². The van der Waals surface area contributed by atoms with Crippen LogP contribution in [0.4, 0.5) is 14.5 Å². The van der Waals surface area contributed by atoms with Gasteiger partial charge < -0.3 is 10.5 Å². The molecule has 2 rings (SSSR count). The summed E-state index contributed by atoms with van der Waals surface area (Å²) >= 11 is 0. The molecule has 3 N–H and O–H groups in total. The first kappa shape index (κ1) is 21.1. The molecule has 0 bridgehead atoms. The Balaban J connectivity index is 2.16. The van der Waals surface area contributed by atoms with Gasteiger partial charge in [-0.3, -0.25) is 39.2 Å². The average molecular weight is 410 g/mol. The number of nitro groups is 1. The molecule has 11 nitrogen and oxygen atoms in total. The molecular weight excluding hydrogens is 398 g/mol. The molecule has 3 amide bonds. The number of carbonyl (C=O) groups is 3. The molecule has 2 aromatic rings. The van der Waals surface area contributed by atoms with Crippen molar-refractivity contribution in [3.63, 3.8) is 0 Å². The Labute approximate surface area is 159 Å². The van der Waals surface area contributed by atoms with Crippen LogP contribution in [-0.4, -0.2) is 33.8 Å². The van der Waals surface area contributed by atoms with E-state index in [4.69, 9.17) is 5.73 Å². The van der Waals surface area contributed by atoms with Gasteiger partial charge in [-0.05, 0) is 24.3 Å². The molecule has 152 valence electrons. The van der Waals surface area contributed by atoms with E-state index in [-0.39, 0.29) is 11.3 Å². The molecule has 29 heavy (non-hydrogen) atoms. The lowest BCUT2D eigenvalue weighted by Crippen LogP contribution is -2.37. The zero-order valence-electron chi connectivity index (χ0n) is 14.3. The third-order valence-electron chi connectivity index (χ3n) is 3.46. The van der Waals surface area contributed by atoms with E-state index in [1.54, 1.807) is 0 Å². The summed E-state index contributed by atoms with van der Waals surface area (Å²) in [6.45, 7) is -3.87. The van der Waals surface area contributed by atoms with Gasteiger partial charge in [0, 0.05) is 11.6 Å². The van der Waals surface area contributed by atoms with Gasteiger partial charge in [-0.15, -0.1) is 0 Å². The smallest absolute Gasteiger partial charge is 0.387 e. The highest BCUT2D eigenvalue weighted by molar-refractivity contribution is 6.04. The number of nitrogens with zero attached hydrogens (tertiary/aromatic N) is 2. The standard InChI is InChI=1S/C16H12F2N4O7/c17-16(18)29-10-3-1-8(2-4-10)14(25)20-12(23)7-21-6-9(22(27)28)5-11(13(19)24)15(21)26/h1-6,16H,7H2,(H2,19,24)(H,20,23,25). The van der Waals surface area contributed by atoms with E-state index < -0.39 is 52.6 Å². The first-order chi connectivity index (χ1) is 13.6. The number of aromatic nitrogens is 1. The fraction of sp³-hybridized carbons (Fsp3) is 0.125. The number of nitrogens with one attached hydrogen (secondary N) is 1. The van der Waals surface area contributed by atoms with Crippen molar-refractivity contribution in [3.05, 3.63) is 68.1 Å². The number of amides is 3. The van der Waals surface area contributed by atoms with Crippen molar-refractivity contribution >= 4 is 23.4 Å². The van der Waals surface area contributed by atoms with E-state index >= 15 is 0 Å². The number of hydrogen-bond donors (Lipinski definition) is 2. The van der Waals surface area contributed by atoms with Crippen LogP contribution in [0.1, 0.15) is 20.7 Å². The van der Waals surface area contributed by atoms with Gasteiger partial charge in [0.1, 0.15) is 17.9 Å². The number of ether oxygens (including phenoxy) is 1. The lowest BCUT2D eigenvalue weighted by molar-refractivity contribution is -0.385. The highest BCUT2D eigenvalue weighted by atomic mass is 19.3. The van der Waals surface area contributed by atoms with E-state index in [2.05, 4.69) is 4.74 Å². The van der Waals surface area contributed by atoms with Crippen molar-refractivity contribution in [1.29, 1.82) is 0 Å². The number of alkyl halides is 2. The molecule has 0 saturated heterocycles. The lowest BCUT2D eigenvalue weighted by atomic mass is 10.2. The summed E-state index contributed by atoms with van der Waals surface area (Å²) in [4.78, 5) is 57.4. The second kappa shape index (κ2) is 8.69. The van der Waals surface area contributed by atoms with Gasteiger partial charge in [0.05, 0.1) is 11.1 Å². The average Bonchev–Trinajstić information content (AvgIpc) is 2.62. The van der Waals surface area contributed by atoms with Crippen molar-refractivity contribution < 1.29 is 32.8 Å². The summed E-state index contributed by atoms with van der Waals surface area (Å²) in [7, 11) is 0. The number of nitrogens with two attached hydrogens (primary N) is 1. The van der Waals surface area contributed by atoms with E-state index in [1.165, 1.54) is 0 Å². The molecule has 0 aliphatic rings. The summed E-state index contributed by atoms with van der Waals surface area (Å²) in [6, 6.07) is 5.06. The van der Waals surface area contributed by atoms with Crippen molar-refractivity contribution in [2.24, 2.45) is 5.73 Å². The SMILES string of the molecule is NC(=O)c1cc([N+](=O)[O-])cn(CC(=O)NC(=O)c2ccc(OC(F)F)cc2)c1=O. The summed E-state index contributed by atoms with van der Waals surface area (Å²) in [5.74, 6) is -3.38. The normalized spacial score (nSPS) is 10.4. The van der Waals surface area contributed by atoms with Crippen molar-refractivity contribution in [1.82, 2.24) is 9.88 Å². The number of halogens is 2. The quantitative estimate of drug-likeness (QED) is 0.493. The van der Waals surface area contributed by atoms with E-state index in [0.717, 1.165) is 30.5 Å². The molecule has 0 radical (unpaired) electrons. The largest absolute Gasteiger partial charge is 0.435 e. The van der Waals surface area contributed by atoms with Crippen LogP contribution in [-0.2, 0) is 11.3 Å². The summed E-state index contributed by atoms with van der Waals surface area (Å²) in [5.41, 5.74) is 2.50. The maximum absolute atomic E-state index is 12.1. The maximum Gasteiger partial charge on any atom is 0.387 e. The third-order valence-corrected chi connectivity index (χ3v) is 3.46. The topological polar surface area (TPSA) is 164 Å². The third kappa shape index (κ3) is 5.41.